The van der Waals surface area contributed by atoms with Gasteiger partial charge >= 0.3 is 0 Å². The Morgan fingerprint density at radius 1 is 1.20 bits per heavy atom. The summed E-state index contributed by atoms with van der Waals surface area (Å²) in [4.78, 5) is 0.0876. The predicted octanol–water partition coefficient (Wildman–Crippen LogP) is 3.26. The molecule has 2 rings (SSSR count). The molecule has 7 heteroatoms. The van der Waals surface area contributed by atoms with Gasteiger partial charge in [-0.2, -0.15) is 0 Å². The summed E-state index contributed by atoms with van der Waals surface area (Å²) in [7, 11) is -3.34. The lowest BCUT2D eigenvalue weighted by Gasteiger charge is -2.10. The van der Waals surface area contributed by atoms with Gasteiger partial charge in [0.2, 0.25) is 0 Å². The summed E-state index contributed by atoms with van der Waals surface area (Å²) in [5.41, 5.74) is 5.87. The van der Waals surface area contributed by atoms with E-state index in [-0.39, 0.29) is 27.1 Å². The molecule has 0 spiro atoms. The SMILES string of the molecule is CS(=O)(=O)c1ccc(Oc2ccc(Cl)c(F)c2)c(N)c1. The lowest BCUT2D eigenvalue weighted by atomic mass is 10.3. The van der Waals surface area contributed by atoms with Crippen molar-refractivity contribution >= 4 is 27.1 Å². The molecule has 0 bridgehead atoms. The van der Waals surface area contributed by atoms with Crippen molar-refractivity contribution in [2.24, 2.45) is 0 Å². The first-order chi connectivity index (χ1) is 9.27. The largest absolute Gasteiger partial charge is 0.455 e. The van der Waals surface area contributed by atoms with Crippen molar-refractivity contribution in [2.75, 3.05) is 12.0 Å². The van der Waals surface area contributed by atoms with E-state index in [0.717, 1.165) is 12.3 Å². The van der Waals surface area contributed by atoms with E-state index in [1.807, 2.05) is 0 Å². The quantitative estimate of drug-likeness (QED) is 0.883. The minimum atomic E-state index is -3.34. The molecule has 4 nitrogen and oxygen atoms in total. The molecule has 2 aromatic carbocycles. The van der Waals surface area contributed by atoms with E-state index in [9.17, 15) is 12.8 Å². The zero-order valence-electron chi connectivity index (χ0n) is 10.4. The van der Waals surface area contributed by atoms with Crippen molar-refractivity contribution in [1.82, 2.24) is 0 Å². The minimum Gasteiger partial charge on any atom is -0.455 e. The average molecular weight is 316 g/mol. The highest BCUT2D eigenvalue weighted by molar-refractivity contribution is 7.90. The number of ether oxygens (including phenoxy) is 1. The van der Waals surface area contributed by atoms with Crippen molar-refractivity contribution in [3.05, 3.63) is 47.2 Å². The van der Waals surface area contributed by atoms with Crippen molar-refractivity contribution in [1.29, 1.82) is 0 Å². The van der Waals surface area contributed by atoms with Crippen LogP contribution in [0.2, 0.25) is 5.02 Å². The molecule has 2 N–H and O–H groups in total. The van der Waals surface area contributed by atoms with Crippen molar-refractivity contribution in [3.8, 4) is 11.5 Å². The number of hydrogen-bond donors (Lipinski definition) is 1. The molecule has 0 aliphatic rings. The molecular formula is C13H11ClFNO3S. The van der Waals surface area contributed by atoms with Gasteiger partial charge in [-0.25, -0.2) is 12.8 Å². The molecule has 0 fully saturated rings. The van der Waals surface area contributed by atoms with Crippen LogP contribution in [-0.4, -0.2) is 14.7 Å². The Hall–Kier alpha value is -1.79. The second-order valence-corrected chi connectivity index (χ2v) is 6.57. The zero-order valence-corrected chi connectivity index (χ0v) is 12.0. The second kappa shape index (κ2) is 5.30. The van der Waals surface area contributed by atoms with Crippen molar-refractivity contribution in [2.45, 2.75) is 4.90 Å². The molecule has 0 atom stereocenters. The zero-order chi connectivity index (χ0) is 14.9. The number of nitrogen functional groups attached to an aromatic ring is 1. The number of hydrogen-bond acceptors (Lipinski definition) is 4. The maximum Gasteiger partial charge on any atom is 0.175 e. The molecule has 20 heavy (non-hydrogen) atoms. The molecule has 0 aliphatic heterocycles. The van der Waals surface area contributed by atoms with Crippen LogP contribution in [0.15, 0.2) is 41.3 Å². The molecule has 0 saturated carbocycles. The van der Waals surface area contributed by atoms with Gasteiger partial charge in [0.15, 0.2) is 9.84 Å². The normalized spacial score (nSPS) is 11.3. The number of benzene rings is 2. The van der Waals surface area contributed by atoms with Gasteiger partial charge in [0, 0.05) is 12.3 Å². The van der Waals surface area contributed by atoms with E-state index < -0.39 is 15.7 Å². The highest BCUT2D eigenvalue weighted by Crippen LogP contribution is 2.31. The van der Waals surface area contributed by atoms with Gasteiger partial charge in [0.25, 0.3) is 0 Å². The Bertz CT molecular complexity index is 762. The lowest BCUT2D eigenvalue weighted by Crippen LogP contribution is -2.00. The molecule has 0 heterocycles. The van der Waals surface area contributed by atoms with Crippen LogP contribution in [0.4, 0.5) is 10.1 Å². The summed E-state index contributed by atoms with van der Waals surface area (Å²) in [6, 6.07) is 8.03. The number of rotatable bonds is 3. The molecular weight excluding hydrogens is 305 g/mol. The number of nitrogens with two attached hydrogens (primary N) is 1. The third kappa shape index (κ3) is 3.20. The molecule has 0 saturated heterocycles. The first-order valence-corrected chi connectivity index (χ1v) is 7.77. The third-order valence-corrected chi connectivity index (χ3v) is 3.95. The van der Waals surface area contributed by atoms with Gasteiger partial charge in [-0.05, 0) is 30.3 Å². The Morgan fingerprint density at radius 3 is 2.45 bits per heavy atom. The Balaban J connectivity index is 2.32. The summed E-state index contributed by atoms with van der Waals surface area (Å²) in [5.74, 6) is -0.166. The van der Waals surface area contributed by atoms with E-state index in [4.69, 9.17) is 22.1 Å². The number of halogens is 2. The van der Waals surface area contributed by atoms with Gasteiger partial charge in [0.1, 0.15) is 17.3 Å². The van der Waals surface area contributed by atoms with Crippen LogP contribution < -0.4 is 10.5 Å². The van der Waals surface area contributed by atoms with Crippen LogP contribution in [0.25, 0.3) is 0 Å². The highest BCUT2D eigenvalue weighted by atomic mass is 35.5. The van der Waals surface area contributed by atoms with Gasteiger partial charge in [-0.15, -0.1) is 0 Å². The molecule has 106 valence electrons. The summed E-state index contributed by atoms with van der Waals surface area (Å²) in [5, 5.41) is -0.0160. The minimum absolute atomic E-state index is 0.0160. The second-order valence-electron chi connectivity index (χ2n) is 4.15. The average Bonchev–Trinajstić information content (AvgIpc) is 2.35. The van der Waals surface area contributed by atoms with Gasteiger partial charge in [0.05, 0.1) is 15.6 Å². The van der Waals surface area contributed by atoms with E-state index in [2.05, 4.69) is 0 Å². The predicted molar refractivity (Wildman–Crippen MR) is 75.4 cm³/mol. The fourth-order valence-corrected chi connectivity index (χ4v) is 2.29. The Labute approximate surface area is 120 Å². The number of anilines is 1. The molecule has 0 aromatic heterocycles. The van der Waals surface area contributed by atoms with Crippen LogP contribution >= 0.6 is 11.6 Å². The monoisotopic (exact) mass is 315 g/mol. The summed E-state index contributed by atoms with van der Waals surface area (Å²) < 4.78 is 41.4. The smallest absolute Gasteiger partial charge is 0.175 e. The summed E-state index contributed by atoms with van der Waals surface area (Å²) >= 11 is 5.56. The summed E-state index contributed by atoms with van der Waals surface area (Å²) in [6.07, 6.45) is 1.08. The van der Waals surface area contributed by atoms with E-state index in [0.29, 0.717) is 0 Å². The first kappa shape index (κ1) is 14.6. The Kier molecular flexibility index (Phi) is 3.87. The highest BCUT2D eigenvalue weighted by Gasteiger charge is 2.11. The van der Waals surface area contributed by atoms with Crippen LogP contribution in [0.5, 0.6) is 11.5 Å². The fraction of sp³-hybridized carbons (Fsp3) is 0.0769. The molecule has 0 radical (unpaired) electrons. The van der Waals surface area contributed by atoms with Crippen molar-refractivity contribution < 1.29 is 17.5 Å². The third-order valence-electron chi connectivity index (χ3n) is 2.53. The topological polar surface area (TPSA) is 69.4 Å². The molecule has 2 aromatic rings. The van der Waals surface area contributed by atoms with E-state index in [1.54, 1.807) is 0 Å². The van der Waals surface area contributed by atoms with Crippen LogP contribution in [-0.2, 0) is 9.84 Å². The van der Waals surface area contributed by atoms with E-state index >= 15 is 0 Å². The lowest BCUT2D eigenvalue weighted by molar-refractivity contribution is 0.478. The van der Waals surface area contributed by atoms with Crippen molar-refractivity contribution in [3.63, 3.8) is 0 Å². The number of sulfone groups is 1. The standard InChI is InChI=1S/C13H11ClFNO3S/c1-20(17,18)9-3-5-13(12(16)7-9)19-8-2-4-10(14)11(15)6-8/h2-7H,16H2,1H3. The maximum absolute atomic E-state index is 13.3. The van der Waals surface area contributed by atoms with E-state index in [1.165, 1.54) is 30.3 Å². The van der Waals surface area contributed by atoms with Gasteiger partial charge < -0.3 is 10.5 Å². The molecule has 0 amide bonds. The Morgan fingerprint density at radius 2 is 1.90 bits per heavy atom. The van der Waals surface area contributed by atoms with Gasteiger partial charge in [-0.1, -0.05) is 11.6 Å². The van der Waals surface area contributed by atoms with Crippen LogP contribution in [0, 0.1) is 5.82 Å². The van der Waals surface area contributed by atoms with Gasteiger partial charge in [-0.3, -0.25) is 0 Å². The van der Waals surface area contributed by atoms with Crippen LogP contribution in [0.1, 0.15) is 0 Å². The van der Waals surface area contributed by atoms with Crippen LogP contribution in [0.3, 0.4) is 0 Å². The first-order valence-electron chi connectivity index (χ1n) is 5.50. The summed E-state index contributed by atoms with van der Waals surface area (Å²) in [6.45, 7) is 0. The fourth-order valence-electron chi connectivity index (χ4n) is 1.52. The maximum atomic E-state index is 13.3. The molecule has 0 aliphatic carbocycles. The molecule has 0 unspecified atom stereocenters.